The predicted octanol–water partition coefficient (Wildman–Crippen LogP) is 7.35. The summed E-state index contributed by atoms with van der Waals surface area (Å²) >= 11 is 6.00. The lowest BCUT2D eigenvalue weighted by molar-refractivity contribution is 0.0522. The normalized spacial score (nSPS) is 10.8. The highest BCUT2D eigenvalue weighted by Crippen LogP contribution is 2.28. The van der Waals surface area contributed by atoms with E-state index in [9.17, 15) is 23.2 Å². The molecule has 9 nitrogen and oxygen atoms in total. The average molecular weight is 586 g/mol. The van der Waals surface area contributed by atoms with Crippen LogP contribution in [-0.2, 0) is 11.3 Å². The van der Waals surface area contributed by atoms with Crippen LogP contribution in [0.5, 0.6) is 0 Å². The molecule has 0 aliphatic carbocycles. The zero-order chi connectivity index (χ0) is 30.3. The number of halogens is 3. The molecule has 0 aliphatic rings. The molecule has 0 saturated carbocycles. The Labute approximate surface area is 240 Å². The molecule has 4 aromatic rings. The van der Waals surface area contributed by atoms with E-state index >= 15 is 0 Å². The van der Waals surface area contributed by atoms with E-state index in [0.29, 0.717) is 15.9 Å². The van der Waals surface area contributed by atoms with Gasteiger partial charge in [-0.1, -0.05) is 31.5 Å². The lowest BCUT2D eigenvalue weighted by atomic mass is 10.2. The molecule has 0 radical (unpaired) electrons. The standard InChI is InChI=1S/C27H24ClF2N5O4.C2H6/c1-27(2,3)39-26(38)35-22-10-8-19(32-25(37)31-14-16-12-18(29)7-9-21(16)30)13-20(22)23(34-35)33-24(36)15-5-4-6-17(28)11-15;1-2/h4-13H,14H2,1-3H3,(H2,31,32,37)(H,33,34,36);1-2H3. The SMILES string of the molecule is CC.CC(C)(C)OC(=O)n1nc(NC(=O)c2cccc(Cl)c2)c2cc(NC(=O)NCc3cc(F)ccc3F)ccc21. The first-order valence-corrected chi connectivity index (χ1v) is 13.1. The maximum Gasteiger partial charge on any atom is 0.435 e. The van der Waals surface area contributed by atoms with E-state index in [0.717, 1.165) is 22.9 Å². The third kappa shape index (κ3) is 8.24. The molecular weight excluding hydrogens is 556 g/mol. The molecular formula is C29H30ClF2N5O4. The summed E-state index contributed by atoms with van der Waals surface area (Å²) in [6.45, 7) is 8.85. The van der Waals surface area contributed by atoms with Gasteiger partial charge < -0.3 is 20.7 Å². The summed E-state index contributed by atoms with van der Waals surface area (Å²) in [4.78, 5) is 38.2. The third-order valence-electron chi connectivity index (χ3n) is 5.27. The van der Waals surface area contributed by atoms with Crippen molar-refractivity contribution in [3.63, 3.8) is 0 Å². The van der Waals surface area contributed by atoms with Crippen molar-refractivity contribution in [2.75, 3.05) is 10.6 Å². The van der Waals surface area contributed by atoms with Crippen LogP contribution < -0.4 is 16.0 Å². The first kappa shape index (κ1) is 31.0. The van der Waals surface area contributed by atoms with Gasteiger partial charge in [0.25, 0.3) is 5.91 Å². The summed E-state index contributed by atoms with van der Waals surface area (Å²) in [6.07, 6.45) is -0.772. The van der Waals surface area contributed by atoms with Crippen LogP contribution in [0.3, 0.4) is 0 Å². The number of aromatic nitrogens is 2. The highest BCUT2D eigenvalue weighted by Gasteiger charge is 2.23. The number of rotatable bonds is 5. The number of amides is 3. The number of carbonyl (C=O) groups is 3. The maximum atomic E-state index is 13.9. The molecule has 0 aliphatic heterocycles. The number of fused-ring (bicyclic) bond motifs is 1. The number of benzene rings is 3. The van der Waals surface area contributed by atoms with Crippen molar-refractivity contribution in [2.24, 2.45) is 0 Å². The zero-order valence-corrected chi connectivity index (χ0v) is 23.9. The van der Waals surface area contributed by atoms with E-state index < -0.39 is 35.3 Å². The quantitative estimate of drug-likeness (QED) is 0.226. The van der Waals surface area contributed by atoms with Gasteiger partial charge in [-0.15, -0.1) is 5.10 Å². The number of nitrogens with zero attached hydrogens (tertiary/aromatic N) is 2. The second kappa shape index (κ2) is 13.2. The van der Waals surface area contributed by atoms with E-state index in [2.05, 4.69) is 21.0 Å². The monoisotopic (exact) mass is 585 g/mol. The van der Waals surface area contributed by atoms with Crippen LogP contribution in [0.4, 0.5) is 29.9 Å². The molecule has 4 rings (SSSR count). The van der Waals surface area contributed by atoms with Crippen molar-refractivity contribution in [2.45, 2.75) is 46.8 Å². The lowest BCUT2D eigenvalue weighted by Gasteiger charge is -2.19. The zero-order valence-electron chi connectivity index (χ0n) is 23.1. The Kier molecular flexibility index (Phi) is 10.0. The third-order valence-corrected chi connectivity index (χ3v) is 5.51. The van der Waals surface area contributed by atoms with Crippen LogP contribution in [0, 0.1) is 11.6 Å². The van der Waals surface area contributed by atoms with Crippen molar-refractivity contribution >= 4 is 52.0 Å². The minimum atomic E-state index is -0.805. The van der Waals surface area contributed by atoms with Crippen molar-refractivity contribution in [1.82, 2.24) is 15.1 Å². The van der Waals surface area contributed by atoms with E-state index in [4.69, 9.17) is 16.3 Å². The molecule has 216 valence electrons. The number of urea groups is 1. The van der Waals surface area contributed by atoms with E-state index in [-0.39, 0.29) is 29.2 Å². The predicted molar refractivity (Wildman–Crippen MR) is 154 cm³/mol. The highest BCUT2D eigenvalue weighted by atomic mass is 35.5. The van der Waals surface area contributed by atoms with Crippen molar-refractivity contribution in [3.05, 3.63) is 88.4 Å². The van der Waals surface area contributed by atoms with Gasteiger partial charge in [0.05, 0.1) is 5.52 Å². The van der Waals surface area contributed by atoms with Gasteiger partial charge in [0, 0.05) is 33.8 Å². The van der Waals surface area contributed by atoms with Crippen LogP contribution >= 0.6 is 11.6 Å². The first-order valence-electron chi connectivity index (χ1n) is 12.7. The second-order valence-electron chi connectivity index (χ2n) is 9.48. The van der Waals surface area contributed by atoms with Gasteiger partial charge in [-0.25, -0.2) is 18.4 Å². The van der Waals surface area contributed by atoms with Crippen LogP contribution in [0.15, 0.2) is 60.7 Å². The summed E-state index contributed by atoms with van der Waals surface area (Å²) in [5, 5.41) is 12.6. The Hall–Kier alpha value is -4.51. The number of ether oxygens (including phenoxy) is 1. The van der Waals surface area contributed by atoms with Gasteiger partial charge in [-0.05, 0) is 75.4 Å². The molecule has 1 aromatic heterocycles. The van der Waals surface area contributed by atoms with Gasteiger partial charge in [0.15, 0.2) is 5.82 Å². The minimum Gasteiger partial charge on any atom is -0.442 e. The van der Waals surface area contributed by atoms with Gasteiger partial charge in [0.1, 0.15) is 17.2 Å². The van der Waals surface area contributed by atoms with Crippen molar-refractivity contribution in [3.8, 4) is 0 Å². The molecule has 0 unspecified atom stereocenters. The van der Waals surface area contributed by atoms with Crippen molar-refractivity contribution in [1.29, 1.82) is 0 Å². The van der Waals surface area contributed by atoms with Crippen LogP contribution in [-0.4, -0.2) is 33.4 Å². The molecule has 0 saturated heterocycles. The average Bonchev–Trinajstić information content (AvgIpc) is 3.27. The van der Waals surface area contributed by atoms with Crippen molar-refractivity contribution < 1.29 is 27.9 Å². The summed E-state index contributed by atoms with van der Waals surface area (Å²) in [5.41, 5.74) is 0.0198. The molecule has 41 heavy (non-hydrogen) atoms. The van der Waals surface area contributed by atoms with Crippen LogP contribution in [0.25, 0.3) is 10.9 Å². The van der Waals surface area contributed by atoms with Crippen LogP contribution in [0.2, 0.25) is 5.02 Å². The number of hydrogen-bond donors (Lipinski definition) is 3. The van der Waals surface area contributed by atoms with E-state index in [1.807, 2.05) is 13.8 Å². The summed E-state index contributed by atoms with van der Waals surface area (Å²) < 4.78 is 33.7. The number of hydrogen-bond acceptors (Lipinski definition) is 5. The Bertz CT molecular complexity index is 1580. The Morgan fingerprint density at radius 1 is 0.976 bits per heavy atom. The number of nitrogens with one attached hydrogen (secondary N) is 3. The molecule has 0 atom stereocenters. The topological polar surface area (TPSA) is 114 Å². The molecule has 1 heterocycles. The molecule has 3 N–H and O–H groups in total. The first-order chi connectivity index (χ1) is 19.4. The lowest BCUT2D eigenvalue weighted by Crippen LogP contribution is -2.28. The fraction of sp³-hybridized carbons (Fsp3) is 0.241. The molecule has 12 heteroatoms. The molecule has 0 fully saturated rings. The summed E-state index contributed by atoms with van der Waals surface area (Å²) in [7, 11) is 0. The van der Waals surface area contributed by atoms with Gasteiger partial charge in [0.2, 0.25) is 0 Å². The second-order valence-corrected chi connectivity index (χ2v) is 9.92. The number of anilines is 2. The molecule has 3 amide bonds. The minimum absolute atomic E-state index is 0.0229. The fourth-order valence-electron chi connectivity index (χ4n) is 3.57. The summed E-state index contributed by atoms with van der Waals surface area (Å²) in [6, 6.07) is 13.0. The Balaban J connectivity index is 0.00000226. The van der Waals surface area contributed by atoms with E-state index in [1.165, 1.54) is 24.3 Å². The van der Waals surface area contributed by atoms with Gasteiger partial charge in [-0.3, -0.25) is 4.79 Å². The Morgan fingerprint density at radius 2 is 1.71 bits per heavy atom. The Morgan fingerprint density at radius 3 is 2.39 bits per heavy atom. The van der Waals surface area contributed by atoms with Gasteiger partial charge >= 0.3 is 12.1 Å². The highest BCUT2D eigenvalue weighted by molar-refractivity contribution is 6.31. The number of carbonyl (C=O) groups excluding carboxylic acids is 3. The maximum absolute atomic E-state index is 13.9. The van der Waals surface area contributed by atoms with Crippen LogP contribution in [0.1, 0.15) is 50.5 Å². The largest absolute Gasteiger partial charge is 0.442 e. The summed E-state index contributed by atoms with van der Waals surface area (Å²) in [5.74, 6) is -1.78. The molecule has 3 aromatic carbocycles. The molecule has 0 spiro atoms. The van der Waals surface area contributed by atoms with Gasteiger partial charge in [-0.2, -0.15) is 4.68 Å². The molecule has 0 bridgehead atoms. The smallest absolute Gasteiger partial charge is 0.435 e. The van der Waals surface area contributed by atoms with E-state index in [1.54, 1.807) is 39.0 Å². The fourth-order valence-corrected chi connectivity index (χ4v) is 3.76.